The molecule has 1 aliphatic rings. The number of likely N-dealkylation sites (tertiary alicyclic amines) is 1. The molecule has 1 fully saturated rings. The van der Waals surface area contributed by atoms with Gasteiger partial charge in [0, 0.05) is 13.5 Å². The number of hydrogen-bond donors (Lipinski definition) is 1. The van der Waals surface area contributed by atoms with Crippen molar-refractivity contribution in [1.82, 2.24) is 10.2 Å². The van der Waals surface area contributed by atoms with E-state index in [4.69, 9.17) is 4.74 Å². The average molecular weight is 346 g/mol. The lowest BCUT2D eigenvalue weighted by atomic mass is 10.0. The van der Waals surface area contributed by atoms with Gasteiger partial charge in [-0.3, -0.25) is 9.59 Å². The predicted octanol–water partition coefficient (Wildman–Crippen LogP) is 1.88. The summed E-state index contributed by atoms with van der Waals surface area (Å²) >= 11 is 0. The molecule has 0 radical (unpaired) electrons. The van der Waals surface area contributed by atoms with Gasteiger partial charge in [0.1, 0.15) is 18.7 Å². The molecule has 1 heterocycles. The third kappa shape index (κ3) is 5.05. The molecule has 1 aromatic rings. The minimum absolute atomic E-state index is 0.0574. The van der Waals surface area contributed by atoms with Crippen LogP contribution in [0.1, 0.15) is 39.2 Å². The van der Waals surface area contributed by atoms with Crippen molar-refractivity contribution < 1.29 is 19.1 Å². The summed E-state index contributed by atoms with van der Waals surface area (Å²) in [5.41, 5.74) is 0.907. The van der Waals surface area contributed by atoms with Crippen molar-refractivity contribution in [2.45, 2.75) is 52.3 Å². The number of carbonyl (C=O) groups is 3. The molecule has 2 rings (SSSR count). The minimum atomic E-state index is -0.625. The molecule has 2 atom stereocenters. The van der Waals surface area contributed by atoms with Crippen LogP contribution in [0.2, 0.25) is 0 Å². The SMILES string of the molecule is CC(=O)N[C@H](C(=O)N1CCC[C@@H]1C(=O)OCc1ccccc1)C(C)C. The maximum Gasteiger partial charge on any atom is 0.329 e. The Morgan fingerprint density at radius 2 is 1.92 bits per heavy atom. The monoisotopic (exact) mass is 346 g/mol. The average Bonchev–Trinajstić information content (AvgIpc) is 3.07. The van der Waals surface area contributed by atoms with Crippen LogP contribution in [-0.2, 0) is 25.7 Å². The van der Waals surface area contributed by atoms with E-state index in [9.17, 15) is 14.4 Å². The molecule has 2 amide bonds. The molecule has 0 aliphatic carbocycles. The van der Waals surface area contributed by atoms with Gasteiger partial charge in [0.2, 0.25) is 11.8 Å². The Kier molecular flexibility index (Phi) is 6.56. The summed E-state index contributed by atoms with van der Waals surface area (Å²) in [7, 11) is 0. The summed E-state index contributed by atoms with van der Waals surface area (Å²) in [5, 5.41) is 2.69. The van der Waals surface area contributed by atoms with Gasteiger partial charge >= 0.3 is 5.97 Å². The van der Waals surface area contributed by atoms with Gasteiger partial charge in [-0.1, -0.05) is 44.2 Å². The zero-order valence-corrected chi connectivity index (χ0v) is 15.0. The Morgan fingerprint density at radius 1 is 1.24 bits per heavy atom. The van der Waals surface area contributed by atoms with Gasteiger partial charge in [0.15, 0.2) is 0 Å². The molecule has 6 nitrogen and oxygen atoms in total. The summed E-state index contributed by atoms with van der Waals surface area (Å²) in [4.78, 5) is 38.2. The quantitative estimate of drug-likeness (QED) is 0.798. The topological polar surface area (TPSA) is 75.7 Å². The second-order valence-electron chi connectivity index (χ2n) is 6.71. The summed E-state index contributed by atoms with van der Waals surface area (Å²) in [6.45, 7) is 5.83. The van der Waals surface area contributed by atoms with Crippen molar-refractivity contribution in [2.24, 2.45) is 5.92 Å². The van der Waals surface area contributed by atoms with E-state index < -0.39 is 12.1 Å². The Labute approximate surface area is 148 Å². The van der Waals surface area contributed by atoms with Gasteiger partial charge in [0.05, 0.1) is 0 Å². The standard InChI is InChI=1S/C19H26N2O4/c1-13(2)17(20-14(3)22)18(23)21-11-7-10-16(21)19(24)25-12-15-8-5-4-6-9-15/h4-6,8-9,13,16-17H,7,10-12H2,1-3H3,(H,20,22)/t16-,17+/m1/s1. The van der Waals surface area contributed by atoms with Crippen molar-refractivity contribution in [2.75, 3.05) is 6.54 Å². The van der Waals surface area contributed by atoms with Crippen LogP contribution < -0.4 is 5.32 Å². The normalized spacial score (nSPS) is 18.1. The summed E-state index contributed by atoms with van der Waals surface area (Å²) < 4.78 is 5.39. The highest BCUT2D eigenvalue weighted by Crippen LogP contribution is 2.21. The molecule has 0 saturated carbocycles. The first-order valence-corrected chi connectivity index (χ1v) is 8.68. The van der Waals surface area contributed by atoms with Crippen molar-refractivity contribution in [3.8, 4) is 0 Å². The van der Waals surface area contributed by atoms with Crippen molar-refractivity contribution in [1.29, 1.82) is 0 Å². The Hall–Kier alpha value is -2.37. The van der Waals surface area contributed by atoms with E-state index in [1.807, 2.05) is 44.2 Å². The lowest BCUT2D eigenvalue weighted by Gasteiger charge is -2.29. The fraction of sp³-hybridized carbons (Fsp3) is 0.526. The second-order valence-corrected chi connectivity index (χ2v) is 6.71. The van der Waals surface area contributed by atoms with E-state index in [1.165, 1.54) is 6.92 Å². The summed E-state index contributed by atoms with van der Waals surface area (Å²) in [5.74, 6) is -0.920. The number of nitrogens with one attached hydrogen (secondary N) is 1. The smallest absolute Gasteiger partial charge is 0.329 e. The Bertz CT molecular complexity index is 615. The molecule has 1 aromatic carbocycles. The largest absolute Gasteiger partial charge is 0.459 e. The molecule has 0 aromatic heterocycles. The van der Waals surface area contributed by atoms with E-state index in [0.29, 0.717) is 13.0 Å². The van der Waals surface area contributed by atoms with Gasteiger partial charge in [-0.25, -0.2) is 4.79 Å². The van der Waals surface area contributed by atoms with Crippen LogP contribution in [0.25, 0.3) is 0 Å². The molecule has 6 heteroatoms. The highest BCUT2D eigenvalue weighted by Gasteiger charge is 2.39. The molecular weight excluding hydrogens is 320 g/mol. The van der Waals surface area contributed by atoms with E-state index in [2.05, 4.69) is 5.32 Å². The highest BCUT2D eigenvalue weighted by atomic mass is 16.5. The molecule has 1 N–H and O–H groups in total. The molecule has 0 unspecified atom stereocenters. The van der Waals surface area contributed by atoms with Gasteiger partial charge in [-0.15, -0.1) is 0 Å². The fourth-order valence-electron chi connectivity index (χ4n) is 3.01. The van der Waals surface area contributed by atoms with Gasteiger partial charge in [-0.05, 0) is 24.3 Å². The lowest BCUT2D eigenvalue weighted by molar-refractivity contribution is -0.155. The third-order valence-corrected chi connectivity index (χ3v) is 4.32. The van der Waals surface area contributed by atoms with Crippen LogP contribution in [-0.4, -0.2) is 41.3 Å². The molecule has 0 bridgehead atoms. The number of rotatable bonds is 6. The fourth-order valence-corrected chi connectivity index (χ4v) is 3.01. The Morgan fingerprint density at radius 3 is 2.52 bits per heavy atom. The van der Waals surface area contributed by atoms with Crippen LogP contribution in [0, 0.1) is 5.92 Å². The number of esters is 1. The molecule has 1 aliphatic heterocycles. The number of amides is 2. The number of carbonyl (C=O) groups excluding carboxylic acids is 3. The van der Waals surface area contributed by atoms with Gasteiger partial charge in [0.25, 0.3) is 0 Å². The van der Waals surface area contributed by atoms with Crippen LogP contribution in [0.4, 0.5) is 0 Å². The van der Waals surface area contributed by atoms with E-state index in [1.54, 1.807) is 4.90 Å². The lowest BCUT2D eigenvalue weighted by Crippen LogP contribution is -2.53. The summed E-state index contributed by atoms with van der Waals surface area (Å²) in [6, 6.07) is 8.24. The molecule has 1 saturated heterocycles. The summed E-state index contributed by atoms with van der Waals surface area (Å²) in [6.07, 6.45) is 1.34. The molecule has 136 valence electrons. The number of nitrogens with zero attached hydrogens (tertiary/aromatic N) is 1. The van der Waals surface area contributed by atoms with Crippen molar-refractivity contribution >= 4 is 17.8 Å². The Balaban J connectivity index is 2.01. The van der Waals surface area contributed by atoms with Crippen LogP contribution in [0.5, 0.6) is 0 Å². The van der Waals surface area contributed by atoms with E-state index in [-0.39, 0.29) is 30.3 Å². The van der Waals surface area contributed by atoms with Crippen LogP contribution >= 0.6 is 0 Å². The van der Waals surface area contributed by atoms with Crippen molar-refractivity contribution in [3.05, 3.63) is 35.9 Å². The zero-order chi connectivity index (χ0) is 18.4. The number of benzene rings is 1. The first-order valence-electron chi connectivity index (χ1n) is 8.68. The van der Waals surface area contributed by atoms with Crippen LogP contribution in [0.3, 0.4) is 0 Å². The highest BCUT2D eigenvalue weighted by molar-refractivity contribution is 5.91. The molecule has 25 heavy (non-hydrogen) atoms. The first kappa shape index (κ1) is 19.0. The maximum absolute atomic E-state index is 12.8. The van der Waals surface area contributed by atoms with E-state index >= 15 is 0 Å². The minimum Gasteiger partial charge on any atom is -0.459 e. The predicted molar refractivity (Wildman–Crippen MR) is 93.4 cm³/mol. The molecule has 0 spiro atoms. The maximum atomic E-state index is 12.8. The van der Waals surface area contributed by atoms with Gasteiger partial charge in [-0.2, -0.15) is 0 Å². The zero-order valence-electron chi connectivity index (χ0n) is 15.0. The first-order chi connectivity index (χ1) is 11.9. The third-order valence-electron chi connectivity index (χ3n) is 4.32. The molecular formula is C19H26N2O4. The van der Waals surface area contributed by atoms with Crippen LogP contribution in [0.15, 0.2) is 30.3 Å². The number of ether oxygens (including phenoxy) is 1. The number of hydrogen-bond acceptors (Lipinski definition) is 4. The van der Waals surface area contributed by atoms with Gasteiger partial charge < -0.3 is 15.0 Å². The second kappa shape index (κ2) is 8.65. The van der Waals surface area contributed by atoms with Crippen molar-refractivity contribution in [3.63, 3.8) is 0 Å². The van der Waals surface area contributed by atoms with E-state index in [0.717, 1.165) is 12.0 Å².